The zero-order valence-corrected chi connectivity index (χ0v) is 19.1. The zero-order chi connectivity index (χ0) is 22.2. The molecule has 0 radical (unpaired) electrons. The normalized spacial score (nSPS) is 12.7. The first kappa shape index (κ1) is 22.4. The summed E-state index contributed by atoms with van der Waals surface area (Å²) in [6.07, 6.45) is 12.6. The minimum Gasteiger partial charge on any atom is -0.381 e. The number of rotatable bonds is 7. The molecule has 0 saturated carbocycles. The van der Waals surface area contributed by atoms with Crippen LogP contribution in [0.4, 0.5) is 0 Å². The largest absolute Gasteiger partial charge is 0.381 e. The Bertz CT molecular complexity index is 1140. The first-order chi connectivity index (χ1) is 15.2. The molecule has 3 nitrogen and oxygen atoms in total. The Kier molecular flexibility index (Phi) is 7.66. The molecule has 160 valence electrons. The molecule has 4 rings (SSSR count). The van der Waals surface area contributed by atoms with Gasteiger partial charge in [0.25, 0.3) is 0 Å². The number of benzene rings is 2. The summed E-state index contributed by atoms with van der Waals surface area (Å²) in [5.41, 5.74) is 9.25. The third kappa shape index (κ3) is 5.24. The number of hydrogen-bond donors (Lipinski definition) is 2. The summed E-state index contributed by atoms with van der Waals surface area (Å²) in [5, 5.41) is 12.4. The molecule has 0 aliphatic heterocycles. The minimum absolute atomic E-state index is 0.832. The number of aromatic amines is 1. The summed E-state index contributed by atoms with van der Waals surface area (Å²) in [4.78, 5) is 0. The van der Waals surface area contributed by atoms with Crippen LogP contribution in [0.2, 0.25) is 0 Å². The molecule has 2 N–H and O–H groups in total. The number of nitrogens with zero attached hydrogens (tertiary/aromatic N) is 1. The molecule has 2 aromatic carbocycles. The van der Waals surface area contributed by atoms with Gasteiger partial charge >= 0.3 is 0 Å². The van der Waals surface area contributed by atoms with E-state index in [0.717, 1.165) is 41.9 Å². The maximum absolute atomic E-state index is 4.57. The molecule has 1 aliphatic rings. The third-order valence-corrected chi connectivity index (χ3v) is 5.40. The highest BCUT2D eigenvalue weighted by atomic mass is 15.1. The highest BCUT2D eigenvalue weighted by molar-refractivity contribution is 5.95. The number of hydrogen-bond acceptors (Lipinski definition) is 2. The summed E-state index contributed by atoms with van der Waals surface area (Å²) < 4.78 is 0. The van der Waals surface area contributed by atoms with Crippen LogP contribution in [0.5, 0.6) is 0 Å². The lowest BCUT2D eigenvalue weighted by Gasteiger charge is -2.15. The molecule has 1 aromatic heterocycles. The lowest BCUT2D eigenvalue weighted by molar-refractivity contribution is 0.934. The van der Waals surface area contributed by atoms with Crippen molar-refractivity contribution in [3.05, 3.63) is 94.7 Å². The van der Waals surface area contributed by atoms with Gasteiger partial charge in [-0.1, -0.05) is 87.5 Å². The number of aromatic nitrogens is 2. The van der Waals surface area contributed by atoms with Crippen molar-refractivity contribution < 1.29 is 0 Å². The molecule has 3 aromatic rings. The SMILES string of the molecule is C=C(NCC1=CC=CC1)c1ccc2[nH]nc(/C=C/c3cccc(C)c3)c2c1CC.CC. The van der Waals surface area contributed by atoms with Crippen molar-refractivity contribution >= 4 is 28.8 Å². The Balaban J connectivity index is 0.00000132. The molecule has 0 unspecified atom stereocenters. The Labute approximate surface area is 186 Å². The number of fused-ring (bicyclic) bond motifs is 1. The van der Waals surface area contributed by atoms with Gasteiger partial charge < -0.3 is 5.32 Å². The second-order valence-corrected chi connectivity index (χ2v) is 7.51. The van der Waals surface area contributed by atoms with Gasteiger partial charge in [0.05, 0.1) is 11.2 Å². The molecular weight excluding hydrogens is 378 g/mol. The lowest BCUT2D eigenvalue weighted by Crippen LogP contribution is -2.15. The Morgan fingerprint density at radius 1 is 1.19 bits per heavy atom. The zero-order valence-electron chi connectivity index (χ0n) is 19.1. The van der Waals surface area contributed by atoms with Crippen molar-refractivity contribution in [3.8, 4) is 0 Å². The van der Waals surface area contributed by atoms with E-state index in [0.29, 0.717) is 0 Å². The van der Waals surface area contributed by atoms with Crippen molar-refractivity contribution in [3.63, 3.8) is 0 Å². The van der Waals surface area contributed by atoms with E-state index in [1.165, 1.54) is 27.6 Å². The monoisotopic (exact) mass is 411 g/mol. The summed E-state index contributed by atoms with van der Waals surface area (Å²) in [6, 6.07) is 12.7. The molecular formula is C28H33N3. The van der Waals surface area contributed by atoms with Crippen LogP contribution in [-0.2, 0) is 6.42 Å². The van der Waals surface area contributed by atoms with Crippen molar-refractivity contribution in [2.24, 2.45) is 0 Å². The number of nitrogens with one attached hydrogen (secondary N) is 2. The second-order valence-electron chi connectivity index (χ2n) is 7.51. The van der Waals surface area contributed by atoms with Crippen LogP contribution in [-0.4, -0.2) is 16.7 Å². The fourth-order valence-corrected chi connectivity index (χ4v) is 3.87. The number of allylic oxidation sites excluding steroid dienone is 3. The van der Waals surface area contributed by atoms with E-state index in [-0.39, 0.29) is 0 Å². The van der Waals surface area contributed by atoms with Gasteiger partial charge in [0.15, 0.2) is 0 Å². The Hall–Kier alpha value is -3.33. The molecule has 3 heteroatoms. The van der Waals surface area contributed by atoms with Crippen molar-refractivity contribution in [2.75, 3.05) is 6.54 Å². The Morgan fingerprint density at radius 3 is 2.74 bits per heavy atom. The van der Waals surface area contributed by atoms with Crippen molar-refractivity contribution in [2.45, 2.75) is 40.5 Å². The topological polar surface area (TPSA) is 40.7 Å². The molecule has 0 spiro atoms. The second kappa shape index (κ2) is 10.6. The molecule has 0 bridgehead atoms. The summed E-state index contributed by atoms with van der Waals surface area (Å²) in [6.45, 7) is 13.4. The van der Waals surface area contributed by atoms with Crippen LogP contribution in [0, 0.1) is 6.92 Å². The smallest absolute Gasteiger partial charge is 0.0930 e. The predicted octanol–water partition coefficient (Wildman–Crippen LogP) is 7.08. The summed E-state index contributed by atoms with van der Waals surface area (Å²) in [5.74, 6) is 0. The highest BCUT2D eigenvalue weighted by Gasteiger charge is 2.14. The number of aryl methyl sites for hydroxylation is 2. The maximum atomic E-state index is 4.57. The lowest BCUT2D eigenvalue weighted by atomic mass is 9.96. The van der Waals surface area contributed by atoms with Gasteiger partial charge in [-0.05, 0) is 48.6 Å². The third-order valence-electron chi connectivity index (χ3n) is 5.40. The molecule has 31 heavy (non-hydrogen) atoms. The van der Waals surface area contributed by atoms with E-state index >= 15 is 0 Å². The van der Waals surface area contributed by atoms with E-state index in [1.807, 2.05) is 13.8 Å². The fraction of sp³-hybridized carbons (Fsp3) is 0.250. The van der Waals surface area contributed by atoms with Crippen molar-refractivity contribution in [1.29, 1.82) is 0 Å². The molecule has 0 atom stereocenters. The van der Waals surface area contributed by atoms with Crippen LogP contribution in [0.15, 0.2) is 66.8 Å². The number of H-pyrrole nitrogens is 1. The summed E-state index contributed by atoms with van der Waals surface area (Å²) >= 11 is 0. The van der Waals surface area contributed by atoms with Crippen LogP contribution < -0.4 is 5.32 Å². The van der Waals surface area contributed by atoms with Crippen LogP contribution >= 0.6 is 0 Å². The minimum atomic E-state index is 0.832. The summed E-state index contributed by atoms with van der Waals surface area (Å²) in [7, 11) is 0. The first-order valence-electron chi connectivity index (χ1n) is 11.2. The first-order valence-corrected chi connectivity index (χ1v) is 11.2. The molecule has 0 fully saturated rings. The van der Waals surface area contributed by atoms with Crippen molar-refractivity contribution in [1.82, 2.24) is 15.5 Å². The quantitative estimate of drug-likeness (QED) is 0.436. The standard InChI is InChI=1S/C26H27N3.C2H6/c1-4-22-23(19(3)27-17-21-9-5-6-10-21)13-15-25-26(22)24(28-29-25)14-12-20-11-7-8-18(2)16-20;1-2/h5-9,11-16,27H,3-4,10,17H2,1-2H3,(H,28,29);1-2H3/b14-12+;. The van der Waals surface area contributed by atoms with Crippen LogP contribution in [0.3, 0.4) is 0 Å². The van der Waals surface area contributed by atoms with Gasteiger partial charge in [0.1, 0.15) is 0 Å². The van der Waals surface area contributed by atoms with E-state index in [2.05, 4.69) is 103 Å². The fourth-order valence-electron chi connectivity index (χ4n) is 3.87. The van der Waals surface area contributed by atoms with Gasteiger partial charge in [-0.2, -0.15) is 5.10 Å². The predicted molar refractivity (Wildman–Crippen MR) is 136 cm³/mol. The van der Waals surface area contributed by atoms with E-state index < -0.39 is 0 Å². The van der Waals surface area contributed by atoms with Crippen LogP contribution in [0.1, 0.15) is 55.1 Å². The van der Waals surface area contributed by atoms with Gasteiger partial charge in [0, 0.05) is 23.2 Å². The maximum Gasteiger partial charge on any atom is 0.0930 e. The van der Waals surface area contributed by atoms with Gasteiger partial charge in [0.2, 0.25) is 0 Å². The molecule has 1 heterocycles. The molecule has 0 saturated heterocycles. The highest BCUT2D eigenvalue weighted by Crippen LogP contribution is 2.29. The van der Waals surface area contributed by atoms with Gasteiger partial charge in [-0.25, -0.2) is 0 Å². The molecule has 1 aliphatic carbocycles. The van der Waals surface area contributed by atoms with E-state index in [9.17, 15) is 0 Å². The van der Waals surface area contributed by atoms with E-state index in [4.69, 9.17) is 0 Å². The molecule has 0 amide bonds. The average Bonchev–Trinajstić information content (AvgIpc) is 3.47. The van der Waals surface area contributed by atoms with E-state index in [1.54, 1.807) is 0 Å². The van der Waals surface area contributed by atoms with Gasteiger partial charge in [-0.3, -0.25) is 5.10 Å². The van der Waals surface area contributed by atoms with Gasteiger partial charge in [-0.15, -0.1) is 0 Å². The average molecular weight is 412 g/mol. The van der Waals surface area contributed by atoms with Crippen LogP contribution in [0.25, 0.3) is 28.8 Å². The Morgan fingerprint density at radius 2 is 2.03 bits per heavy atom.